The highest BCUT2D eigenvalue weighted by atomic mass is 35.5. The maximum Gasteiger partial charge on any atom is 0.305 e. The predicted octanol–water partition coefficient (Wildman–Crippen LogP) is 2.75. The Morgan fingerprint density at radius 1 is 1.32 bits per heavy atom. The van der Waals surface area contributed by atoms with Crippen LogP contribution in [0.15, 0.2) is 24.3 Å². The molecule has 4 nitrogen and oxygen atoms in total. The Labute approximate surface area is 117 Å². The van der Waals surface area contributed by atoms with Crippen LogP contribution in [0.1, 0.15) is 37.0 Å². The summed E-state index contributed by atoms with van der Waals surface area (Å²) in [6.07, 6.45) is 0.593. The zero-order valence-electron chi connectivity index (χ0n) is 11.0. The molecule has 0 aliphatic heterocycles. The van der Waals surface area contributed by atoms with E-state index in [1.807, 2.05) is 13.8 Å². The monoisotopic (exact) mass is 283 g/mol. The van der Waals surface area contributed by atoms with Crippen molar-refractivity contribution in [3.63, 3.8) is 0 Å². The Hall–Kier alpha value is -1.39. The van der Waals surface area contributed by atoms with Gasteiger partial charge in [-0.3, -0.25) is 9.59 Å². The molecule has 2 N–H and O–H groups in total. The lowest BCUT2D eigenvalue weighted by molar-refractivity contribution is -0.137. The highest BCUT2D eigenvalue weighted by Crippen LogP contribution is 2.13. The molecule has 0 heterocycles. The van der Waals surface area contributed by atoms with Gasteiger partial charge in [0.25, 0.3) is 0 Å². The Balaban J connectivity index is 2.86. The van der Waals surface area contributed by atoms with Gasteiger partial charge in [0.1, 0.15) is 0 Å². The molecule has 1 rings (SSSR count). The second-order valence-corrected chi connectivity index (χ2v) is 4.93. The lowest BCUT2D eigenvalue weighted by atomic mass is 10.0. The first-order chi connectivity index (χ1) is 8.93. The first kappa shape index (κ1) is 15.7. The number of rotatable bonds is 7. The number of carboxylic acids is 1. The van der Waals surface area contributed by atoms with Crippen LogP contribution in [0.5, 0.6) is 0 Å². The van der Waals surface area contributed by atoms with Crippen molar-refractivity contribution in [3.8, 4) is 0 Å². The van der Waals surface area contributed by atoms with Gasteiger partial charge < -0.3 is 10.4 Å². The molecule has 1 aromatic carbocycles. The number of hydrogen-bond donors (Lipinski definition) is 2. The van der Waals surface area contributed by atoms with E-state index < -0.39 is 12.0 Å². The lowest BCUT2D eigenvalue weighted by Crippen LogP contribution is -2.43. The molecule has 0 saturated heterocycles. The summed E-state index contributed by atoms with van der Waals surface area (Å²) in [7, 11) is 0. The largest absolute Gasteiger partial charge is 0.481 e. The number of nitrogens with one attached hydrogen (secondary N) is 1. The molecular formula is C14H18ClNO3. The van der Waals surface area contributed by atoms with Crippen molar-refractivity contribution in [1.82, 2.24) is 5.32 Å². The Kier molecular flexibility index (Phi) is 5.99. The Morgan fingerprint density at radius 2 is 1.89 bits per heavy atom. The fourth-order valence-corrected chi connectivity index (χ4v) is 1.80. The van der Waals surface area contributed by atoms with Crippen LogP contribution >= 0.6 is 11.6 Å². The van der Waals surface area contributed by atoms with Crippen molar-refractivity contribution in [3.05, 3.63) is 34.9 Å². The molecule has 0 spiro atoms. The second-order valence-electron chi connectivity index (χ2n) is 4.50. The van der Waals surface area contributed by atoms with Gasteiger partial charge >= 0.3 is 5.97 Å². The summed E-state index contributed by atoms with van der Waals surface area (Å²) in [5.41, 5.74) is 0.464. The van der Waals surface area contributed by atoms with Gasteiger partial charge in [0, 0.05) is 16.6 Å². The summed E-state index contributed by atoms with van der Waals surface area (Å²) in [5.74, 6) is -1.22. The number of hydrogen-bond acceptors (Lipinski definition) is 3. The van der Waals surface area contributed by atoms with Crippen molar-refractivity contribution in [2.45, 2.75) is 38.8 Å². The van der Waals surface area contributed by atoms with E-state index in [0.717, 1.165) is 6.42 Å². The molecule has 0 radical (unpaired) electrons. The van der Waals surface area contributed by atoms with E-state index in [2.05, 4.69) is 5.32 Å². The standard InChI is InChI=1S/C14H18ClNO3/c1-3-9(2)16-12(8-13(17)18)14(19)10-4-6-11(15)7-5-10/h4-7,9,12,16H,3,8H2,1-2H3,(H,17,18). The third-order valence-electron chi connectivity index (χ3n) is 2.92. The molecule has 0 aliphatic rings. The Morgan fingerprint density at radius 3 is 2.37 bits per heavy atom. The minimum Gasteiger partial charge on any atom is -0.481 e. The van der Waals surface area contributed by atoms with Crippen molar-refractivity contribution >= 4 is 23.4 Å². The number of carbonyl (C=O) groups excluding carboxylic acids is 1. The van der Waals surface area contributed by atoms with Crippen LogP contribution in [-0.2, 0) is 4.79 Å². The lowest BCUT2D eigenvalue weighted by Gasteiger charge is -2.20. The van der Waals surface area contributed by atoms with Crippen molar-refractivity contribution in [2.75, 3.05) is 0 Å². The van der Waals surface area contributed by atoms with Crippen LogP contribution in [0.25, 0.3) is 0 Å². The van der Waals surface area contributed by atoms with Crippen LogP contribution in [0.3, 0.4) is 0 Å². The molecule has 0 bridgehead atoms. The second kappa shape index (κ2) is 7.26. The fraction of sp³-hybridized carbons (Fsp3) is 0.429. The van der Waals surface area contributed by atoms with Crippen molar-refractivity contribution in [1.29, 1.82) is 0 Å². The van der Waals surface area contributed by atoms with Gasteiger partial charge in [-0.2, -0.15) is 0 Å². The first-order valence-corrected chi connectivity index (χ1v) is 6.59. The quantitative estimate of drug-likeness (QED) is 0.755. The first-order valence-electron chi connectivity index (χ1n) is 6.21. The molecule has 2 unspecified atom stereocenters. The van der Waals surface area contributed by atoms with Crippen LogP contribution in [0.2, 0.25) is 5.02 Å². The molecule has 1 aromatic rings. The molecule has 0 fully saturated rings. The number of carbonyl (C=O) groups is 2. The van der Waals surface area contributed by atoms with Gasteiger partial charge in [0.05, 0.1) is 12.5 Å². The summed E-state index contributed by atoms with van der Waals surface area (Å²) in [6.45, 7) is 3.90. The average Bonchev–Trinajstić information content (AvgIpc) is 2.37. The minimum atomic E-state index is -0.997. The summed E-state index contributed by atoms with van der Waals surface area (Å²) in [5, 5.41) is 12.5. The maximum atomic E-state index is 12.3. The molecular weight excluding hydrogens is 266 g/mol. The zero-order chi connectivity index (χ0) is 14.4. The molecule has 5 heteroatoms. The van der Waals surface area contributed by atoms with E-state index in [4.69, 9.17) is 16.7 Å². The van der Waals surface area contributed by atoms with Crippen molar-refractivity contribution in [2.24, 2.45) is 0 Å². The highest BCUT2D eigenvalue weighted by Gasteiger charge is 2.23. The van der Waals surface area contributed by atoms with E-state index in [1.54, 1.807) is 24.3 Å². The number of carboxylic acid groups (broad SMARTS) is 1. The van der Waals surface area contributed by atoms with Gasteiger partial charge in [-0.15, -0.1) is 0 Å². The number of aliphatic carboxylic acids is 1. The van der Waals surface area contributed by atoms with Crippen LogP contribution < -0.4 is 5.32 Å². The molecule has 0 aromatic heterocycles. The highest BCUT2D eigenvalue weighted by molar-refractivity contribution is 6.30. The Bertz CT molecular complexity index is 445. The van der Waals surface area contributed by atoms with Crippen LogP contribution in [0, 0.1) is 0 Å². The zero-order valence-corrected chi connectivity index (χ0v) is 11.8. The summed E-state index contributed by atoms with van der Waals surface area (Å²) in [6, 6.07) is 5.83. The number of benzene rings is 1. The molecule has 2 atom stereocenters. The van der Waals surface area contributed by atoms with E-state index >= 15 is 0 Å². The SMILES string of the molecule is CCC(C)NC(CC(=O)O)C(=O)c1ccc(Cl)cc1. The van der Waals surface area contributed by atoms with Gasteiger partial charge in [0.15, 0.2) is 5.78 Å². The van der Waals surface area contributed by atoms with E-state index in [1.165, 1.54) is 0 Å². The molecule has 19 heavy (non-hydrogen) atoms. The number of halogens is 1. The smallest absolute Gasteiger partial charge is 0.305 e. The predicted molar refractivity (Wildman–Crippen MR) is 74.7 cm³/mol. The van der Waals surface area contributed by atoms with Gasteiger partial charge in [0.2, 0.25) is 0 Å². The molecule has 0 aliphatic carbocycles. The topological polar surface area (TPSA) is 66.4 Å². The number of Topliss-reactive ketones (excluding diaryl/α,β-unsaturated/α-hetero) is 1. The summed E-state index contributed by atoms with van der Waals surface area (Å²) >= 11 is 5.77. The fourth-order valence-electron chi connectivity index (χ4n) is 1.68. The average molecular weight is 284 g/mol. The van der Waals surface area contributed by atoms with E-state index in [0.29, 0.717) is 10.6 Å². The van der Waals surface area contributed by atoms with Gasteiger partial charge in [-0.1, -0.05) is 18.5 Å². The van der Waals surface area contributed by atoms with Crippen LogP contribution in [0.4, 0.5) is 0 Å². The number of ketones is 1. The van der Waals surface area contributed by atoms with Crippen molar-refractivity contribution < 1.29 is 14.7 Å². The molecule has 0 saturated carbocycles. The van der Waals surface area contributed by atoms with Gasteiger partial charge in [-0.05, 0) is 37.6 Å². The molecule has 104 valence electrons. The molecule has 0 amide bonds. The normalized spacial score (nSPS) is 13.8. The van der Waals surface area contributed by atoms with Gasteiger partial charge in [-0.25, -0.2) is 0 Å². The third kappa shape index (κ3) is 5.01. The summed E-state index contributed by atoms with van der Waals surface area (Å²) in [4.78, 5) is 23.1. The van der Waals surface area contributed by atoms with E-state index in [-0.39, 0.29) is 18.2 Å². The summed E-state index contributed by atoms with van der Waals surface area (Å²) < 4.78 is 0. The minimum absolute atomic E-state index is 0.0839. The van der Waals surface area contributed by atoms with Crippen LogP contribution in [-0.4, -0.2) is 28.9 Å². The van der Waals surface area contributed by atoms with E-state index in [9.17, 15) is 9.59 Å². The third-order valence-corrected chi connectivity index (χ3v) is 3.17. The maximum absolute atomic E-state index is 12.3.